The number of ether oxygens (including phenoxy) is 1. The van der Waals surface area contributed by atoms with Gasteiger partial charge in [0.2, 0.25) is 0 Å². The van der Waals surface area contributed by atoms with Gasteiger partial charge in [-0.25, -0.2) is 13.2 Å². The fourth-order valence-corrected chi connectivity index (χ4v) is 3.23. The highest BCUT2D eigenvalue weighted by atomic mass is 35.5. The van der Waals surface area contributed by atoms with Gasteiger partial charge in [0.1, 0.15) is 28.8 Å². The molecule has 3 nitrogen and oxygen atoms in total. The zero-order valence-electron chi connectivity index (χ0n) is 16.0. The molecule has 0 saturated heterocycles. The number of hydrogen-bond acceptors (Lipinski definition) is 2. The average Bonchev–Trinajstić information content (AvgIpc) is 2.71. The Labute approximate surface area is 183 Å². The van der Waals surface area contributed by atoms with E-state index < -0.39 is 47.1 Å². The third-order valence-corrected chi connectivity index (χ3v) is 4.76. The molecule has 10 heteroatoms. The third kappa shape index (κ3) is 5.53. The Bertz CT molecular complexity index is 1100. The van der Waals surface area contributed by atoms with Crippen LogP contribution in [0.15, 0.2) is 60.7 Å². The standard InChI is InChI=1S/C22H14ClF6NO2/c23-11-19(30-21(31)20-16(24)2-1-3-17(20)25)15-9-6-13(10-18(15)26)12-4-7-14(8-5-12)32-22(27,28)29/h1-10,19H,11H2,(H,30,31). The van der Waals surface area contributed by atoms with Crippen molar-refractivity contribution in [2.75, 3.05) is 5.88 Å². The molecule has 0 radical (unpaired) electrons. The third-order valence-electron chi connectivity index (χ3n) is 4.45. The molecule has 0 spiro atoms. The first-order valence-corrected chi connectivity index (χ1v) is 9.59. The van der Waals surface area contributed by atoms with Crippen molar-refractivity contribution in [1.29, 1.82) is 0 Å². The van der Waals surface area contributed by atoms with Crippen molar-refractivity contribution < 1.29 is 35.9 Å². The smallest absolute Gasteiger partial charge is 0.406 e. The summed E-state index contributed by atoms with van der Waals surface area (Å²) in [5.74, 6) is -4.76. The molecule has 0 aliphatic carbocycles. The maximum Gasteiger partial charge on any atom is 0.573 e. The van der Waals surface area contributed by atoms with Crippen molar-refractivity contribution in [3.8, 4) is 16.9 Å². The van der Waals surface area contributed by atoms with Gasteiger partial charge in [-0.15, -0.1) is 24.8 Å². The van der Waals surface area contributed by atoms with Crippen LogP contribution in [-0.2, 0) is 0 Å². The van der Waals surface area contributed by atoms with E-state index in [4.69, 9.17) is 11.6 Å². The molecule has 0 fully saturated rings. The Morgan fingerprint density at radius 1 is 0.906 bits per heavy atom. The predicted molar refractivity (Wildman–Crippen MR) is 106 cm³/mol. The molecule has 3 rings (SSSR count). The molecule has 1 amide bonds. The highest BCUT2D eigenvalue weighted by Gasteiger charge is 2.31. The van der Waals surface area contributed by atoms with E-state index in [-0.39, 0.29) is 11.4 Å². The summed E-state index contributed by atoms with van der Waals surface area (Å²) in [5, 5.41) is 2.30. The van der Waals surface area contributed by atoms with Gasteiger partial charge in [-0.1, -0.05) is 30.3 Å². The van der Waals surface area contributed by atoms with Gasteiger partial charge in [0, 0.05) is 11.4 Å². The van der Waals surface area contributed by atoms with Gasteiger partial charge in [0.05, 0.1) is 6.04 Å². The quantitative estimate of drug-likeness (QED) is 0.333. The van der Waals surface area contributed by atoms with Gasteiger partial charge in [-0.05, 0) is 41.5 Å². The first-order chi connectivity index (χ1) is 15.1. The zero-order valence-corrected chi connectivity index (χ0v) is 16.8. The summed E-state index contributed by atoms with van der Waals surface area (Å²) in [6.45, 7) is 0. The summed E-state index contributed by atoms with van der Waals surface area (Å²) in [4.78, 5) is 12.3. The molecule has 0 heterocycles. The number of carbonyl (C=O) groups is 1. The van der Waals surface area contributed by atoms with E-state index in [1.54, 1.807) is 0 Å². The van der Waals surface area contributed by atoms with Crippen molar-refractivity contribution >= 4 is 17.5 Å². The summed E-state index contributed by atoms with van der Waals surface area (Å²) in [7, 11) is 0. The van der Waals surface area contributed by atoms with Crippen molar-refractivity contribution in [2.45, 2.75) is 12.4 Å². The summed E-state index contributed by atoms with van der Waals surface area (Å²) in [6, 6.07) is 10.5. The predicted octanol–water partition coefficient (Wildman–Crippen LogP) is 6.38. The number of benzene rings is 3. The van der Waals surface area contributed by atoms with E-state index in [2.05, 4.69) is 10.1 Å². The topological polar surface area (TPSA) is 38.3 Å². The van der Waals surface area contributed by atoms with Crippen LogP contribution < -0.4 is 10.1 Å². The largest absolute Gasteiger partial charge is 0.573 e. The van der Waals surface area contributed by atoms with E-state index in [1.807, 2.05) is 0 Å². The number of nitrogens with one attached hydrogen (secondary N) is 1. The lowest BCUT2D eigenvalue weighted by atomic mass is 10.00. The van der Waals surface area contributed by atoms with E-state index in [1.165, 1.54) is 24.3 Å². The molecule has 32 heavy (non-hydrogen) atoms. The molecule has 0 aliphatic heterocycles. The van der Waals surface area contributed by atoms with Gasteiger partial charge in [-0.2, -0.15) is 0 Å². The molecule has 1 unspecified atom stereocenters. The number of alkyl halides is 4. The maximum atomic E-state index is 14.8. The van der Waals surface area contributed by atoms with Crippen molar-refractivity contribution in [3.05, 3.63) is 89.2 Å². The Kier molecular flexibility index (Phi) is 6.98. The summed E-state index contributed by atoms with van der Waals surface area (Å²) >= 11 is 5.84. The number of hydrogen-bond donors (Lipinski definition) is 1. The highest BCUT2D eigenvalue weighted by Crippen LogP contribution is 2.29. The zero-order chi connectivity index (χ0) is 23.5. The highest BCUT2D eigenvalue weighted by molar-refractivity contribution is 6.18. The fourth-order valence-electron chi connectivity index (χ4n) is 2.98. The SMILES string of the molecule is O=C(NC(CCl)c1ccc(-c2ccc(OC(F)(F)F)cc2)cc1F)c1c(F)cccc1F. The number of halogens is 7. The Morgan fingerprint density at radius 2 is 1.50 bits per heavy atom. The lowest BCUT2D eigenvalue weighted by Gasteiger charge is -2.18. The molecule has 3 aromatic carbocycles. The fraction of sp³-hybridized carbons (Fsp3) is 0.136. The molecule has 0 aliphatic rings. The molecule has 1 N–H and O–H groups in total. The van der Waals surface area contributed by atoms with Gasteiger partial charge in [0.15, 0.2) is 0 Å². The second-order valence-corrected chi connectivity index (χ2v) is 6.89. The van der Waals surface area contributed by atoms with E-state index in [9.17, 15) is 31.1 Å². The second kappa shape index (κ2) is 9.52. The van der Waals surface area contributed by atoms with Crippen LogP contribution in [0.3, 0.4) is 0 Å². The minimum Gasteiger partial charge on any atom is -0.406 e. The monoisotopic (exact) mass is 473 g/mol. The molecule has 0 bridgehead atoms. The number of amides is 1. The molecule has 3 aromatic rings. The van der Waals surface area contributed by atoms with Crippen LogP contribution in [0.5, 0.6) is 5.75 Å². The van der Waals surface area contributed by atoms with Crippen LogP contribution in [0.4, 0.5) is 26.3 Å². The lowest BCUT2D eigenvalue weighted by molar-refractivity contribution is -0.274. The number of carbonyl (C=O) groups excluding carboxylic acids is 1. The minimum atomic E-state index is -4.83. The van der Waals surface area contributed by atoms with Crippen molar-refractivity contribution in [2.24, 2.45) is 0 Å². The Hall–Kier alpha value is -3.20. The van der Waals surface area contributed by atoms with Gasteiger partial charge < -0.3 is 10.1 Å². The molecular weight excluding hydrogens is 460 g/mol. The summed E-state index contributed by atoms with van der Waals surface area (Å²) in [5.41, 5.74) is -0.110. The normalized spacial score (nSPS) is 12.3. The molecular formula is C22H14ClF6NO2. The first-order valence-electron chi connectivity index (χ1n) is 9.05. The summed E-state index contributed by atoms with van der Waals surface area (Å²) in [6.07, 6.45) is -4.83. The van der Waals surface area contributed by atoms with Crippen molar-refractivity contribution in [3.63, 3.8) is 0 Å². The van der Waals surface area contributed by atoms with E-state index in [0.717, 1.165) is 36.4 Å². The van der Waals surface area contributed by atoms with Crippen LogP contribution >= 0.6 is 11.6 Å². The maximum absolute atomic E-state index is 14.8. The Morgan fingerprint density at radius 3 is 2.03 bits per heavy atom. The van der Waals surface area contributed by atoms with Crippen LogP contribution in [0.2, 0.25) is 0 Å². The molecule has 1 atom stereocenters. The second-order valence-electron chi connectivity index (χ2n) is 6.59. The molecule has 0 aromatic heterocycles. The summed E-state index contributed by atoms with van der Waals surface area (Å²) < 4.78 is 83.0. The van der Waals surface area contributed by atoms with E-state index in [0.29, 0.717) is 11.1 Å². The van der Waals surface area contributed by atoms with Crippen molar-refractivity contribution in [1.82, 2.24) is 5.32 Å². The van der Waals surface area contributed by atoms with Gasteiger partial charge in [-0.3, -0.25) is 4.79 Å². The first kappa shape index (κ1) is 23.5. The van der Waals surface area contributed by atoms with Crippen LogP contribution in [-0.4, -0.2) is 18.1 Å². The molecule has 0 saturated carbocycles. The average molecular weight is 474 g/mol. The Balaban J connectivity index is 1.81. The van der Waals surface area contributed by atoms with Crippen LogP contribution in [0.25, 0.3) is 11.1 Å². The van der Waals surface area contributed by atoms with Crippen LogP contribution in [0, 0.1) is 17.5 Å². The number of rotatable bonds is 6. The van der Waals surface area contributed by atoms with Crippen LogP contribution in [0.1, 0.15) is 22.0 Å². The lowest BCUT2D eigenvalue weighted by Crippen LogP contribution is -2.31. The molecule has 168 valence electrons. The minimum absolute atomic E-state index is 0.0362. The van der Waals surface area contributed by atoms with E-state index >= 15 is 0 Å². The van der Waals surface area contributed by atoms with Gasteiger partial charge in [0.25, 0.3) is 5.91 Å². The van der Waals surface area contributed by atoms with Gasteiger partial charge >= 0.3 is 6.36 Å².